The minimum atomic E-state index is -0.951. The van der Waals surface area contributed by atoms with Crippen LogP contribution in [0.1, 0.15) is 63.4 Å². The van der Waals surface area contributed by atoms with E-state index in [4.69, 9.17) is 0 Å². The molecule has 2 aliphatic heterocycles. The normalized spacial score (nSPS) is 17.4. The van der Waals surface area contributed by atoms with Crippen molar-refractivity contribution in [1.29, 1.82) is 0 Å². The van der Waals surface area contributed by atoms with Gasteiger partial charge in [0.25, 0.3) is 5.56 Å². The van der Waals surface area contributed by atoms with Crippen LogP contribution in [0, 0.1) is 18.6 Å². The Bertz CT molecular complexity index is 2350. The van der Waals surface area contributed by atoms with Gasteiger partial charge in [-0.1, -0.05) is 40.3 Å². The van der Waals surface area contributed by atoms with Crippen molar-refractivity contribution in [3.05, 3.63) is 86.6 Å². The molecule has 2 atom stereocenters. The molecule has 1 saturated heterocycles. The lowest BCUT2D eigenvalue weighted by atomic mass is 9.93. The van der Waals surface area contributed by atoms with Crippen LogP contribution in [0.2, 0.25) is 0 Å². The number of imidazole rings is 1. The molecule has 0 radical (unpaired) electrons. The maximum atomic E-state index is 17.9. The van der Waals surface area contributed by atoms with Gasteiger partial charge in [0.05, 0.1) is 50.9 Å². The first-order chi connectivity index (χ1) is 23.8. The predicted octanol–water partition coefficient (Wildman–Crippen LogP) is 5.48. The molecule has 0 spiro atoms. The van der Waals surface area contributed by atoms with Crippen LogP contribution in [0.3, 0.4) is 0 Å². The zero-order chi connectivity index (χ0) is 35.9. The molecule has 2 N–H and O–H groups in total. The number of amides is 1. The van der Waals surface area contributed by atoms with Crippen molar-refractivity contribution >= 4 is 39.2 Å². The Morgan fingerprint density at radius 2 is 1.70 bits per heavy atom. The number of H-pyrrole nitrogens is 1. The van der Waals surface area contributed by atoms with Gasteiger partial charge in [-0.05, 0) is 49.5 Å². The standard InChI is InChI=1S/C37H40F2N8O3/c1-9-25(48)45-15-21-13-40-31-33(46(21)14-20(45)7)22-12-23(38)27(26-19(6)10-11-24-34(26)44(8)37(50)43-24)28(39)32(22)47(36(31)49)35-29(17(2)3)41-16-42-30(35)18(4)5/h9-12,16-18,20-21,40H,1,13-15H2,2-8H3,(H,43,50). The Hall–Kier alpha value is -5.33. The SMILES string of the molecule is C=CC(=O)N1CC2CNc3c(c4cc(F)c(-c5c(C)ccc6[nH]c(=O)n(C)c56)c(F)c4n(-c4c(C(C)C)ncnc4C(C)C)c3=O)N2CC1C. The summed E-state index contributed by atoms with van der Waals surface area (Å²) in [5, 5.41) is 3.47. The monoisotopic (exact) mass is 682 g/mol. The number of halogens is 2. The number of nitrogens with zero attached hydrogens (tertiary/aromatic N) is 6. The number of anilines is 2. The van der Waals surface area contributed by atoms with E-state index in [-0.39, 0.29) is 57.5 Å². The second-order valence-electron chi connectivity index (χ2n) is 14.0. The number of rotatable bonds is 5. The molecule has 1 amide bonds. The van der Waals surface area contributed by atoms with E-state index in [1.165, 1.54) is 27.6 Å². The van der Waals surface area contributed by atoms with Crippen LogP contribution in [0.5, 0.6) is 0 Å². The zero-order valence-electron chi connectivity index (χ0n) is 29.2. The Balaban J connectivity index is 1.65. The van der Waals surface area contributed by atoms with Crippen LogP contribution in [-0.2, 0) is 11.8 Å². The van der Waals surface area contributed by atoms with E-state index in [9.17, 15) is 9.59 Å². The van der Waals surface area contributed by atoms with Gasteiger partial charge < -0.3 is 20.1 Å². The topological polar surface area (TPSA) is 121 Å². The number of hydrogen-bond donors (Lipinski definition) is 2. The maximum Gasteiger partial charge on any atom is 0.326 e. The van der Waals surface area contributed by atoms with Gasteiger partial charge in [-0.25, -0.2) is 23.5 Å². The van der Waals surface area contributed by atoms with E-state index >= 15 is 13.6 Å². The van der Waals surface area contributed by atoms with E-state index < -0.39 is 22.9 Å². The minimum absolute atomic E-state index is 0.125. The number of piperazine rings is 1. The molecule has 13 heteroatoms. The van der Waals surface area contributed by atoms with E-state index in [1.54, 1.807) is 31.0 Å². The first-order valence-electron chi connectivity index (χ1n) is 16.8. The second kappa shape index (κ2) is 11.9. The molecule has 50 heavy (non-hydrogen) atoms. The zero-order valence-corrected chi connectivity index (χ0v) is 29.2. The van der Waals surface area contributed by atoms with Crippen molar-refractivity contribution in [3.8, 4) is 16.8 Å². The van der Waals surface area contributed by atoms with E-state index in [2.05, 4.69) is 26.8 Å². The Kier molecular flexibility index (Phi) is 7.91. The lowest BCUT2D eigenvalue weighted by Gasteiger charge is -2.49. The third kappa shape index (κ3) is 4.77. The van der Waals surface area contributed by atoms with Gasteiger partial charge in [0.15, 0.2) is 5.82 Å². The number of fused-ring (bicyclic) bond motifs is 6. The summed E-state index contributed by atoms with van der Waals surface area (Å²) < 4.78 is 37.4. The van der Waals surface area contributed by atoms with E-state index in [0.717, 1.165) is 0 Å². The van der Waals surface area contributed by atoms with Crippen LogP contribution in [0.4, 0.5) is 20.2 Å². The number of carbonyl (C=O) groups is 1. The fourth-order valence-electron chi connectivity index (χ4n) is 7.73. The number of aromatic amines is 1. The Morgan fingerprint density at radius 3 is 2.34 bits per heavy atom. The average Bonchev–Trinajstić information content (AvgIpc) is 3.37. The first-order valence-corrected chi connectivity index (χ1v) is 16.8. The summed E-state index contributed by atoms with van der Waals surface area (Å²) in [6.45, 7) is 16.0. The number of aromatic nitrogens is 5. The summed E-state index contributed by atoms with van der Waals surface area (Å²) in [5.41, 5.74) is 2.10. The average molecular weight is 683 g/mol. The molecule has 260 valence electrons. The van der Waals surface area contributed by atoms with Crippen molar-refractivity contribution in [3.63, 3.8) is 0 Å². The van der Waals surface area contributed by atoms with Crippen molar-refractivity contribution in [1.82, 2.24) is 29.0 Å². The number of carbonyl (C=O) groups excluding carboxylic acids is 1. The summed E-state index contributed by atoms with van der Waals surface area (Å²) >= 11 is 0. The van der Waals surface area contributed by atoms with Crippen molar-refractivity contribution in [2.45, 2.75) is 65.5 Å². The number of benzene rings is 2. The van der Waals surface area contributed by atoms with E-state index in [0.29, 0.717) is 59.0 Å². The van der Waals surface area contributed by atoms with Gasteiger partial charge in [0, 0.05) is 43.7 Å². The molecule has 0 saturated carbocycles. The highest BCUT2D eigenvalue weighted by Gasteiger charge is 2.40. The Labute approximate surface area is 287 Å². The van der Waals surface area contributed by atoms with Crippen LogP contribution in [-0.4, -0.2) is 66.6 Å². The van der Waals surface area contributed by atoms with Gasteiger partial charge in [0.2, 0.25) is 5.91 Å². The summed E-state index contributed by atoms with van der Waals surface area (Å²) in [5.74, 6) is -2.36. The molecule has 2 aliphatic rings. The maximum absolute atomic E-state index is 17.9. The highest BCUT2D eigenvalue weighted by atomic mass is 19.1. The smallest absolute Gasteiger partial charge is 0.326 e. The van der Waals surface area contributed by atoms with Crippen molar-refractivity contribution in [2.24, 2.45) is 7.05 Å². The quantitative estimate of drug-likeness (QED) is 0.236. The van der Waals surface area contributed by atoms with Gasteiger partial charge in [-0.2, -0.15) is 0 Å². The molecular formula is C37H40F2N8O3. The number of aryl methyl sites for hydroxylation is 2. The number of nitrogens with one attached hydrogen (secondary N) is 2. The molecule has 0 aliphatic carbocycles. The lowest BCUT2D eigenvalue weighted by molar-refractivity contribution is -0.128. The molecule has 2 unspecified atom stereocenters. The van der Waals surface area contributed by atoms with Gasteiger partial charge >= 0.3 is 5.69 Å². The molecular weight excluding hydrogens is 642 g/mol. The third-order valence-electron chi connectivity index (χ3n) is 10.1. The van der Waals surface area contributed by atoms with Gasteiger partial charge in [-0.15, -0.1) is 0 Å². The lowest BCUT2D eigenvalue weighted by Crippen LogP contribution is -2.62. The second-order valence-corrected chi connectivity index (χ2v) is 14.0. The summed E-state index contributed by atoms with van der Waals surface area (Å²) in [6, 6.07) is 4.14. The molecule has 0 bridgehead atoms. The predicted molar refractivity (Wildman–Crippen MR) is 191 cm³/mol. The highest BCUT2D eigenvalue weighted by molar-refractivity contribution is 6.04. The van der Waals surface area contributed by atoms with Crippen molar-refractivity contribution < 1.29 is 13.6 Å². The summed E-state index contributed by atoms with van der Waals surface area (Å²) in [6.07, 6.45) is 2.73. The molecule has 11 nitrogen and oxygen atoms in total. The Morgan fingerprint density at radius 1 is 1.02 bits per heavy atom. The van der Waals surface area contributed by atoms with Gasteiger partial charge in [-0.3, -0.25) is 18.7 Å². The number of pyridine rings is 1. The minimum Gasteiger partial charge on any atom is -0.377 e. The molecule has 2 aromatic carbocycles. The molecule has 5 aromatic rings. The number of hydrogen-bond acceptors (Lipinski definition) is 7. The van der Waals surface area contributed by atoms with Gasteiger partial charge in [0.1, 0.15) is 17.8 Å². The first kappa shape index (κ1) is 33.2. The fraction of sp³-hybridized carbons (Fsp3) is 0.378. The van der Waals surface area contributed by atoms with E-state index in [1.807, 2.05) is 39.5 Å². The van der Waals surface area contributed by atoms with Crippen LogP contribution >= 0.6 is 0 Å². The highest BCUT2D eigenvalue weighted by Crippen LogP contribution is 2.45. The fourth-order valence-corrected chi connectivity index (χ4v) is 7.73. The van der Waals surface area contributed by atoms with Crippen LogP contribution < -0.4 is 21.5 Å². The molecule has 3 aromatic heterocycles. The summed E-state index contributed by atoms with van der Waals surface area (Å²) in [4.78, 5) is 56.1. The molecule has 7 rings (SSSR count). The van der Waals surface area contributed by atoms with Crippen molar-refractivity contribution in [2.75, 3.05) is 29.9 Å². The largest absolute Gasteiger partial charge is 0.377 e. The van der Waals surface area contributed by atoms with Crippen LogP contribution in [0.25, 0.3) is 38.8 Å². The van der Waals surface area contributed by atoms with Crippen LogP contribution in [0.15, 0.2) is 46.8 Å². The molecule has 5 heterocycles. The summed E-state index contributed by atoms with van der Waals surface area (Å²) in [7, 11) is 1.54. The third-order valence-corrected chi connectivity index (χ3v) is 10.1. The molecule has 1 fully saturated rings.